The molecule has 1 atom stereocenters. The summed E-state index contributed by atoms with van der Waals surface area (Å²) in [6.07, 6.45) is 5.24. The van der Waals surface area contributed by atoms with Crippen LogP contribution in [-0.2, 0) is 0 Å². The van der Waals surface area contributed by atoms with E-state index in [1.807, 2.05) is 0 Å². The van der Waals surface area contributed by atoms with Crippen LogP contribution in [0.4, 0.5) is 0 Å². The highest BCUT2D eigenvalue weighted by Crippen LogP contribution is 2.36. The lowest BCUT2D eigenvalue weighted by Gasteiger charge is -2.33. The Morgan fingerprint density at radius 3 is 2.37 bits per heavy atom. The Balaban J connectivity index is 2.25. The molecule has 0 aromatic heterocycles. The highest BCUT2D eigenvalue weighted by atomic mass is 15.2. The number of nitrogens with zero attached hydrogens (tertiary/aromatic N) is 1. The minimum Gasteiger partial charge on any atom is -0.329 e. The first-order valence-electron chi connectivity index (χ1n) is 7.71. The van der Waals surface area contributed by atoms with Gasteiger partial charge < -0.3 is 5.73 Å². The van der Waals surface area contributed by atoms with E-state index in [2.05, 4.69) is 43.9 Å². The van der Waals surface area contributed by atoms with Crippen molar-refractivity contribution in [3.05, 3.63) is 34.9 Å². The van der Waals surface area contributed by atoms with Gasteiger partial charge in [0.1, 0.15) is 0 Å². The summed E-state index contributed by atoms with van der Waals surface area (Å²) < 4.78 is 0. The largest absolute Gasteiger partial charge is 0.329 e. The second kappa shape index (κ2) is 6.53. The van der Waals surface area contributed by atoms with Crippen molar-refractivity contribution in [2.75, 3.05) is 13.1 Å². The number of unbranched alkanes of at least 4 members (excludes halogenated alkanes) is 1. The molecule has 2 heteroatoms. The first kappa shape index (κ1) is 14.5. The Morgan fingerprint density at radius 1 is 1.26 bits per heavy atom. The Hall–Kier alpha value is -0.860. The Labute approximate surface area is 118 Å². The third-order valence-corrected chi connectivity index (χ3v) is 4.28. The van der Waals surface area contributed by atoms with Crippen molar-refractivity contribution in [3.8, 4) is 0 Å². The van der Waals surface area contributed by atoms with Gasteiger partial charge in [-0.3, -0.25) is 4.90 Å². The molecule has 0 heterocycles. The van der Waals surface area contributed by atoms with E-state index in [4.69, 9.17) is 5.73 Å². The Morgan fingerprint density at radius 2 is 1.89 bits per heavy atom. The van der Waals surface area contributed by atoms with E-state index in [1.54, 1.807) is 0 Å². The fourth-order valence-electron chi connectivity index (χ4n) is 3.11. The van der Waals surface area contributed by atoms with E-state index >= 15 is 0 Å². The Bertz CT molecular complexity index is 389. The van der Waals surface area contributed by atoms with Gasteiger partial charge in [0.25, 0.3) is 0 Å². The number of benzene rings is 1. The average Bonchev–Trinajstić information content (AvgIpc) is 3.21. The minimum atomic E-state index is 0.403. The van der Waals surface area contributed by atoms with Gasteiger partial charge in [-0.05, 0) is 56.3 Å². The van der Waals surface area contributed by atoms with Crippen LogP contribution in [0.2, 0.25) is 0 Å². The second-order valence-electron chi connectivity index (χ2n) is 5.88. The maximum atomic E-state index is 6.14. The molecule has 0 amide bonds. The number of hydrogen-bond donors (Lipinski definition) is 1. The van der Waals surface area contributed by atoms with Crippen molar-refractivity contribution >= 4 is 0 Å². The van der Waals surface area contributed by atoms with E-state index < -0.39 is 0 Å². The molecule has 0 bridgehead atoms. The summed E-state index contributed by atoms with van der Waals surface area (Å²) >= 11 is 0. The first-order chi connectivity index (χ1) is 9.19. The molecule has 106 valence electrons. The molecule has 0 spiro atoms. The second-order valence-corrected chi connectivity index (χ2v) is 5.88. The Kier molecular flexibility index (Phi) is 5.00. The molecule has 1 aromatic rings. The fourth-order valence-corrected chi connectivity index (χ4v) is 3.11. The van der Waals surface area contributed by atoms with Crippen LogP contribution in [-0.4, -0.2) is 24.0 Å². The molecule has 0 saturated heterocycles. The monoisotopic (exact) mass is 260 g/mol. The topological polar surface area (TPSA) is 29.3 Å². The zero-order chi connectivity index (χ0) is 13.8. The highest BCUT2D eigenvalue weighted by molar-refractivity contribution is 5.36. The molecule has 0 aliphatic heterocycles. The number of rotatable bonds is 7. The van der Waals surface area contributed by atoms with Crippen molar-refractivity contribution in [1.29, 1.82) is 0 Å². The van der Waals surface area contributed by atoms with Crippen LogP contribution in [0.5, 0.6) is 0 Å². The summed E-state index contributed by atoms with van der Waals surface area (Å²) in [5.74, 6) is 0. The summed E-state index contributed by atoms with van der Waals surface area (Å²) in [6.45, 7) is 8.62. The van der Waals surface area contributed by atoms with Crippen LogP contribution >= 0.6 is 0 Å². The van der Waals surface area contributed by atoms with Crippen molar-refractivity contribution in [3.63, 3.8) is 0 Å². The van der Waals surface area contributed by atoms with Crippen molar-refractivity contribution in [2.45, 2.75) is 58.5 Å². The SMILES string of the molecule is CCCCN(C1CC1)C(CN)c1c(C)cccc1C. The van der Waals surface area contributed by atoms with Crippen LogP contribution in [0.15, 0.2) is 18.2 Å². The smallest absolute Gasteiger partial charge is 0.0478 e. The molecular formula is C17H28N2. The molecule has 1 unspecified atom stereocenters. The van der Waals surface area contributed by atoms with E-state index in [0.717, 1.165) is 12.6 Å². The van der Waals surface area contributed by atoms with Crippen molar-refractivity contribution in [1.82, 2.24) is 4.90 Å². The van der Waals surface area contributed by atoms with Gasteiger partial charge in [0.15, 0.2) is 0 Å². The van der Waals surface area contributed by atoms with Gasteiger partial charge in [0.05, 0.1) is 0 Å². The summed E-state index contributed by atoms with van der Waals surface area (Å²) in [7, 11) is 0. The molecule has 1 aliphatic rings. The van der Waals surface area contributed by atoms with Crippen LogP contribution in [0.25, 0.3) is 0 Å². The fraction of sp³-hybridized carbons (Fsp3) is 0.647. The van der Waals surface area contributed by atoms with Crippen LogP contribution < -0.4 is 5.73 Å². The van der Waals surface area contributed by atoms with Crippen LogP contribution in [0.3, 0.4) is 0 Å². The third kappa shape index (κ3) is 3.37. The van der Waals surface area contributed by atoms with Crippen molar-refractivity contribution < 1.29 is 0 Å². The highest BCUT2D eigenvalue weighted by Gasteiger charge is 2.34. The molecule has 2 rings (SSSR count). The minimum absolute atomic E-state index is 0.403. The molecule has 1 aliphatic carbocycles. The van der Waals surface area contributed by atoms with Crippen molar-refractivity contribution in [2.24, 2.45) is 5.73 Å². The van der Waals surface area contributed by atoms with Crippen LogP contribution in [0, 0.1) is 13.8 Å². The summed E-state index contributed by atoms with van der Waals surface area (Å²) in [6, 6.07) is 7.76. The lowest BCUT2D eigenvalue weighted by molar-refractivity contribution is 0.187. The zero-order valence-corrected chi connectivity index (χ0v) is 12.7. The maximum Gasteiger partial charge on any atom is 0.0478 e. The molecule has 2 N–H and O–H groups in total. The molecule has 1 saturated carbocycles. The number of aryl methyl sites for hydroxylation is 2. The normalized spacial score (nSPS) is 16.9. The molecule has 1 aromatic carbocycles. The van der Waals surface area contributed by atoms with E-state index in [0.29, 0.717) is 6.04 Å². The quantitative estimate of drug-likeness (QED) is 0.812. The third-order valence-electron chi connectivity index (χ3n) is 4.28. The van der Waals surface area contributed by atoms with Gasteiger partial charge in [-0.15, -0.1) is 0 Å². The molecule has 2 nitrogen and oxygen atoms in total. The summed E-state index contributed by atoms with van der Waals surface area (Å²) in [5, 5.41) is 0. The van der Waals surface area contributed by atoms with Gasteiger partial charge in [-0.1, -0.05) is 31.5 Å². The average molecular weight is 260 g/mol. The number of hydrogen-bond acceptors (Lipinski definition) is 2. The molecular weight excluding hydrogens is 232 g/mol. The van der Waals surface area contributed by atoms with Gasteiger partial charge in [0.2, 0.25) is 0 Å². The van der Waals surface area contributed by atoms with E-state index in [-0.39, 0.29) is 0 Å². The van der Waals surface area contributed by atoms with Gasteiger partial charge >= 0.3 is 0 Å². The summed E-state index contributed by atoms with van der Waals surface area (Å²) in [4.78, 5) is 2.67. The van der Waals surface area contributed by atoms with E-state index in [1.165, 1.54) is 48.9 Å². The molecule has 19 heavy (non-hydrogen) atoms. The summed E-state index contributed by atoms with van der Waals surface area (Å²) in [5.41, 5.74) is 10.4. The first-order valence-corrected chi connectivity index (χ1v) is 7.71. The van der Waals surface area contributed by atoms with E-state index in [9.17, 15) is 0 Å². The van der Waals surface area contributed by atoms with Gasteiger partial charge in [-0.2, -0.15) is 0 Å². The standard InChI is InChI=1S/C17H28N2/c1-4-5-11-19(15-9-10-15)16(12-18)17-13(2)7-6-8-14(17)3/h6-8,15-16H,4-5,9-12,18H2,1-3H3. The van der Waals surface area contributed by atoms with Gasteiger partial charge in [-0.25, -0.2) is 0 Å². The lowest BCUT2D eigenvalue weighted by Crippen LogP contribution is -2.37. The predicted molar refractivity (Wildman–Crippen MR) is 82.3 cm³/mol. The number of nitrogens with two attached hydrogens (primary N) is 1. The molecule has 1 fully saturated rings. The lowest BCUT2D eigenvalue weighted by atomic mass is 9.94. The molecule has 0 radical (unpaired) electrons. The zero-order valence-electron chi connectivity index (χ0n) is 12.7. The predicted octanol–water partition coefficient (Wildman–Crippen LogP) is 3.57. The van der Waals surface area contributed by atoms with Crippen LogP contribution in [0.1, 0.15) is 55.3 Å². The van der Waals surface area contributed by atoms with Gasteiger partial charge in [0, 0.05) is 18.6 Å². The maximum absolute atomic E-state index is 6.14.